The highest BCUT2D eigenvalue weighted by molar-refractivity contribution is 7.13. The maximum Gasteiger partial charge on any atom is 0.321 e. The largest absolute Gasteiger partial charge is 0.452 e. The first-order chi connectivity index (χ1) is 13.7. The van der Waals surface area contributed by atoms with E-state index in [1.807, 2.05) is 12.1 Å². The number of carbonyl (C=O) groups is 3. The number of hydrogen-bond donors (Lipinski definition) is 2. The fraction of sp³-hybridized carbons (Fsp3) is 0.429. The summed E-state index contributed by atoms with van der Waals surface area (Å²) in [5, 5.41) is 7.29. The Kier molecular flexibility index (Phi) is 7.90. The predicted molar refractivity (Wildman–Crippen MR) is 113 cm³/mol. The minimum absolute atomic E-state index is 0.0452. The first-order valence-corrected chi connectivity index (χ1v) is 10.4. The van der Waals surface area contributed by atoms with Crippen LogP contribution >= 0.6 is 11.3 Å². The lowest BCUT2D eigenvalue weighted by molar-refractivity contribution is -0.153. The number of carbonyl (C=O) groups excluding carboxylic acids is 3. The predicted octanol–water partition coefficient (Wildman–Crippen LogP) is 3.64. The van der Waals surface area contributed by atoms with E-state index < -0.39 is 24.0 Å². The Hall–Kier alpha value is -2.74. The summed E-state index contributed by atoms with van der Waals surface area (Å²) in [5.41, 5.74) is 2.82. The molecule has 8 heteroatoms. The number of amides is 3. The summed E-state index contributed by atoms with van der Waals surface area (Å²) in [5.74, 6) is -0.800. The van der Waals surface area contributed by atoms with Crippen LogP contribution in [0, 0.1) is 0 Å². The molecule has 0 saturated carbocycles. The molecule has 0 unspecified atom stereocenters. The van der Waals surface area contributed by atoms with Crippen molar-refractivity contribution in [3.05, 3.63) is 40.9 Å². The van der Waals surface area contributed by atoms with Crippen molar-refractivity contribution in [3.8, 4) is 10.6 Å². The van der Waals surface area contributed by atoms with Crippen molar-refractivity contribution >= 4 is 29.2 Å². The van der Waals surface area contributed by atoms with Crippen LogP contribution in [0.2, 0.25) is 0 Å². The number of urea groups is 1. The number of aromatic nitrogens is 1. The molecule has 1 atom stereocenters. The van der Waals surface area contributed by atoms with Crippen molar-refractivity contribution in [3.63, 3.8) is 0 Å². The van der Waals surface area contributed by atoms with Gasteiger partial charge in [0.1, 0.15) is 5.01 Å². The fourth-order valence-corrected chi connectivity index (χ4v) is 3.31. The van der Waals surface area contributed by atoms with E-state index in [2.05, 4.69) is 41.6 Å². The van der Waals surface area contributed by atoms with Crippen LogP contribution in [-0.2, 0) is 20.7 Å². The second-order valence-corrected chi connectivity index (χ2v) is 8.21. The first-order valence-electron chi connectivity index (χ1n) is 9.51. The van der Waals surface area contributed by atoms with Gasteiger partial charge < -0.3 is 10.1 Å². The summed E-state index contributed by atoms with van der Waals surface area (Å²) in [7, 11) is 0. The van der Waals surface area contributed by atoms with Gasteiger partial charge in [0, 0.05) is 17.0 Å². The number of hydrogen-bond acceptors (Lipinski definition) is 6. The van der Waals surface area contributed by atoms with E-state index in [1.165, 1.54) is 23.8 Å². The number of rotatable bonds is 7. The number of nitrogens with zero attached hydrogens (tertiary/aromatic N) is 1. The van der Waals surface area contributed by atoms with Crippen LogP contribution in [0.3, 0.4) is 0 Å². The van der Waals surface area contributed by atoms with Gasteiger partial charge in [0.05, 0.1) is 12.1 Å². The smallest absolute Gasteiger partial charge is 0.321 e. The molecular formula is C21H27N3O4S. The maximum atomic E-state index is 12.1. The molecule has 0 bridgehead atoms. The number of esters is 1. The standard InChI is InChI=1S/C21H27N3O4S/c1-12(2)15-6-8-16(9-7-15)20-23-17(11-29-20)10-18(25)28-14(5)19(26)24-21(27)22-13(3)4/h6-9,11-14H,10H2,1-5H3,(H2,22,24,26,27)/t14-/m1/s1. The van der Waals surface area contributed by atoms with Gasteiger partial charge in [-0.05, 0) is 32.3 Å². The van der Waals surface area contributed by atoms with Gasteiger partial charge in [-0.2, -0.15) is 0 Å². The van der Waals surface area contributed by atoms with Crippen LogP contribution < -0.4 is 10.6 Å². The highest BCUT2D eigenvalue weighted by Crippen LogP contribution is 2.26. The summed E-state index contributed by atoms with van der Waals surface area (Å²) < 4.78 is 5.11. The fourth-order valence-electron chi connectivity index (χ4n) is 2.48. The van der Waals surface area contributed by atoms with Gasteiger partial charge in [0.2, 0.25) is 0 Å². The molecule has 0 aliphatic rings. The normalized spacial score (nSPS) is 12.0. The van der Waals surface area contributed by atoms with Crippen LogP contribution in [0.5, 0.6) is 0 Å². The molecule has 156 valence electrons. The molecule has 0 radical (unpaired) electrons. The van der Waals surface area contributed by atoms with Crippen molar-refractivity contribution in [1.82, 2.24) is 15.6 Å². The molecule has 29 heavy (non-hydrogen) atoms. The Balaban J connectivity index is 1.89. The minimum atomic E-state index is -1.08. The zero-order valence-electron chi connectivity index (χ0n) is 17.3. The Labute approximate surface area is 174 Å². The summed E-state index contributed by atoms with van der Waals surface area (Å²) in [4.78, 5) is 40.1. The Morgan fingerprint density at radius 3 is 2.31 bits per heavy atom. The first kappa shape index (κ1) is 22.5. The van der Waals surface area contributed by atoms with Crippen molar-refractivity contribution in [2.75, 3.05) is 0 Å². The molecule has 0 spiro atoms. The van der Waals surface area contributed by atoms with Crippen LogP contribution in [0.15, 0.2) is 29.6 Å². The van der Waals surface area contributed by atoms with E-state index in [0.29, 0.717) is 11.6 Å². The second-order valence-electron chi connectivity index (χ2n) is 7.35. The van der Waals surface area contributed by atoms with Gasteiger partial charge in [0.25, 0.3) is 5.91 Å². The molecule has 1 aromatic carbocycles. The van der Waals surface area contributed by atoms with Crippen molar-refractivity contribution in [2.45, 2.75) is 59.1 Å². The second kappa shape index (κ2) is 10.2. The Morgan fingerprint density at radius 2 is 1.72 bits per heavy atom. The monoisotopic (exact) mass is 417 g/mol. The number of thiazole rings is 1. The van der Waals surface area contributed by atoms with E-state index in [-0.39, 0.29) is 12.5 Å². The Morgan fingerprint density at radius 1 is 1.07 bits per heavy atom. The average Bonchev–Trinajstić information content (AvgIpc) is 3.09. The summed E-state index contributed by atoms with van der Waals surface area (Å²) in [6.45, 7) is 9.24. The van der Waals surface area contributed by atoms with Gasteiger partial charge >= 0.3 is 12.0 Å². The summed E-state index contributed by atoms with van der Waals surface area (Å²) in [6.07, 6.45) is -1.13. The van der Waals surface area contributed by atoms with E-state index in [0.717, 1.165) is 10.6 Å². The van der Waals surface area contributed by atoms with Gasteiger partial charge in [-0.1, -0.05) is 38.1 Å². The third-order valence-electron chi connectivity index (χ3n) is 4.04. The van der Waals surface area contributed by atoms with Crippen molar-refractivity contribution in [1.29, 1.82) is 0 Å². The highest BCUT2D eigenvalue weighted by atomic mass is 32.1. The SMILES string of the molecule is CC(C)NC(=O)NC(=O)[C@@H](C)OC(=O)Cc1csc(-c2ccc(C(C)C)cc2)n1. The van der Waals surface area contributed by atoms with Crippen LogP contribution in [0.4, 0.5) is 4.79 Å². The topological polar surface area (TPSA) is 97.4 Å². The molecule has 7 nitrogen and oxygen atoms in total. The number of nitrogens with one attached hydrogen (secondary N) is 2. The van der Waals surface area contributed by atoms with Gasteiger partial charge in [0.15, 0.2) is 6.10 Å². The molecule has 3 amide bonds. The average molecular weight is 418 g/mol. The molecule has 0 fully saturated rings. The van der Waals surface area contributed by atoms with E-state index >= 15 is 0 Å². The lowest BCUT2D eigenvalue weighted by Crippen LogP contribution is -2.46. The molecule has 2 N–H and O–H groups in total. The molecular weight excluding hydrogens is 390 g/mol. The van der Waals surface area contributed by atoms with Crippen LogP contribution in [-0.4, -0.2) is 35.0 Å². The quantitative estimate of drug-likeness (QED) is 0.670. The van der Waals surface area contributed by atoms with E-state index in [9.17, 15) is 14.4 Å². The molecule has 1 aromatic heterocycles. The summed E-state index contributed by atoms with van der Waals surface area (Å²) >= 11 is 1.45. The molecule has 0 aliphatic carbocycles. The third-order valence-corrected chi connectivity index (χ3v) is 4.98. The van der Waals surface area contributed by atoms with E-state index in [4.69, 9.17) is 4.74 Å². The van der Waals surface area contributed by atoms with Crippen molar-refractivity contribution in [2.24, 2.45) is 0 Å². The number of benzene rings is 1. The molecule has 0 aliphatic heterocycles. The van der Waals surface area contributed by atoms with Crippen molar-refractivity contribution < 1.29 is 19.1 Å². The number of imide groups is 1. The van der Waals surface area contributed by atoms with Crippen LogP contribution in [0.25, 0.3) is 10.6 Å². The molecule has 1 heterocycles. The zero-order valence-corrected chi connectivity index (χ0v) is 18.1. The Bertz CT molecular complexity index is 859. The van der Waals surface area contributed by atoms with Gasteiger partial charge in [-0.3, -0.25) is 14.9 Å². The zero-order chi connectivity index (χ0) is 21.6. The summed E-state index contributed by atoms with van der Waals surface area (Å²) in [6, 6.07) is 7.45. The third kappa shape index (κ3) is 6.98. The van der Waals surface area contributed by atoms with Gasteiger partial charge in [-0.15, -0.1) is 11.3 Å². The molecule has 2 aromatic rings. The lowest BCUT2D eigenvalue weighted by atomic mass is 10.0. The van der Waals surface area contributed by atoms with Crippen LogP contribution in [0.1, 0.15) is 51.8 Å². The van der Waals surface area contributed by atoms with E-state index in [1.54, 1.807) is 19.2 Å². The maximum absolute atomic E-state index is 12.1. The molecule has 0 saturated heterocycles. The lowest BCUT2D eigenvalue weighted by Gasteiger charge is -2.14. The minimum Gasteiger partial charge on any atom is -0.452 e. The molecule has 2 rings (SSSR count). The highest BCUT2D eigenvalue weighted by Gasteiger charge is 2.21. The number of ether oxygens (including phenoxy) is 1. The van der Waals surface area contributed by atoms with Gasteiger partial charge in [-0.25, -0.2) is 9.78 Å².